The van der Waals surface area contributed by atoms with Crippen LogP contribution < -0.4 is 5.32 Å². The maximum absolute atomic E-state index is 13.7. The summed E-state index contributed by atoms with van der Waals surface area (Å²) in [6, 6.07) is 2.77. The Hall–Kier alpha value is -0.790. The number of ether oxygens (including phenoxy) is 1. The van der Waals surface area contributed by atoms with Gasteiger partial charge in [0.25, 0.3) is 0 Å². The van der Waals surface area contributed by atoms with E-state index in [9.17, 15) is 17.6 Å². The zero-order chi connectivity index (χ0) is 15.5. The van der Waals surface area contributed by atoms with E-state index in [1.807, 2.05) is 6.92 Å². The van der Waals surface area contributed by atoms with Crippen molar-refractivity contribution >= 4 is 11.8 Å². The molecule has 0 bridgehead atoms. The number of alkyl halides is 3. The fraction of sp³-hybridized carbons (Fsp3) is 0.571. The van der Waals surface area contributed by atoms with Gasteiger partial charge in [-0.25, -0.2) is 4.39 Å². The minimum atomic E-state index is -4.67. The van der Waals surface area contributed by atoms with E-state index in [1.165, 1.54) is 6.07 Å². The van der Waals surface area contributed by atoms with Gasteiger partial charge in [-0.15, -0.1) is 0 Å². The molecule has 1 fully saturated rings. The zero-order valence-corrected chi connectivity index (χ0v) is 12.4. The van der Waals surface area contributed by atoms with Crippen LogP contribution in [0.15, 0.2) is 18.2 Å². The third-order valence-corrected chi connectivity index (χ3v) is 4.31. The summed E-state index contributed by atoms with van der Waals surface area (Å²) in [5, 5.41) is 3.17. The molecule has 21 heavy (non-hydrogen) atoms. The average molecular weight is 323 g/mol. The van der Waals surface area contributed by atoms with Gasteiger partial charge in [-0.2, -0.15) is 24.9 Å². The van der Waals surface area contributed by atoms with Gasteiger partial charge in [-0.1, -0.05) is 13.0 Å². The van der Waals surface area contributed by atoms with Crippen LogP contribution in [0.2, 0.25) is 0 Å². The van der Waals surface area contributed by atoms with E-state index in [0.29, 0.717) is 18.7 Å². The van der Waals surface area contributed by atoms with Gasteiger partial charge in [-0.3, -0.25) is 0 Å². The smallest absolute Gasteiger partial charge is 0.375 e. The predicted octanol–water partition coefficient (Wildman–Crippen LogP) is 3.63. The molecule has 1 heterocycles. The van der Waals surface area contributed by atoms with Crippen LogP contribution in [0.3, 0.4) is 0 Å². The maximum atomic E-state index is 13.7. The number of hydrogen-bond donors (Lipinski definition) is 1. The highest BCUT2D eigenvalue weighted by Gasteiger charge is 2.35. The molecule has 2 rings (SSSR count). The Kier molecular flexibility index (Phi) is 5.51. The van der Waals surface area contributed by atoms with Crippen molar-refractivity contribution in [3.05, 3.63) is 35.1 Å². The van der Waals surface area contributed by atoms with E-state index in [1.54, 1.807) is 11.8 Å². The topological polar surface area (TPSA) is 21.3 Å². The molecule has 7 heteroatoms. The van der Waals surface area contributed by atoms with Crippen LogP contribution in [0, 0.1) is 5.82 Å². The summed E-state index contributed by atoms with van der Waals surface area (Å²) in [6.07, 6.45) is -4.84. The average Bonchev–Trinajstić information content (AvgIpc) is 2.44. The van der Waals surface area contributed by atoms with E-state index in [0.717, 1.165) is 23.6 Å². The van der Waals surface area contributed by atoms with Gasteiger partial charge >= 0.3 is 6.18 Å². The van der Waals surface area contributed by atoms with Crippen molar-refractivity contribution in [3.8, 4) is 0 Å². The fourth-order valence-corrected chi connectivity index (χ4v) is 3.24. The molecule has 1 aromatic rings. The molecule has 0 aliphatic carbocycles. The lowest BCUT2D eigenvalue weighted by atomic mass is 10.00. The summed E-state index contributed by atoms with van der Waals surface area (Å²) in [5.41, 5.74) is -0.754. The Morgan fingerprint density at radius 1 is 1.43 bits per heavy atom. The molecule has 0 saturated carbocycles. The Labute approximate surface area is 125 Å². The lowest BCUT2D eigenvalue weighted by molar-refractivity contribution is -0.140. The Morgan fingerprint density at radius 2 is 2.19 bits per heavy atom. The number of thioether (sulfide) groups is 1. The van der Waals surface area contributed by atoms with Crippen molar-refractivity contribution in [1.82, 2.24) is 5.32 Å². The molecule has 118 valence electrons. The second-order valence-corrected chi connectivity index (χ2v) is 5.91. The molecule has 0 spiro atoms. The van der Waals surface area contributed by atoms with Crippen LogP contribution in [0.1, 0.15) is 24.1 Å². The second kappa shape index (κ2) is 6.98. The molecule has 2 unspecified atom stereocenters. The van der Waals surface area contributed by atoms with Gasteiger partial charge < -0.3 is 10.1 Å². The number of nitrogens with one attached hydrogen (secondary N) is 1. The Balaban J connectivity index is 2.26. The molecule has 1 aromatic carbocycles. The van der Waals surface area contributed by atoms with Gasteiger partial charge in [-0.05, 0) is 24.2 Å². The van der Waals surface area contributed by atoms with Crippen LogP contribution in [0.4, 0.5) is 17.6 Å². The predicted molar refractivity (Wildman–Crippen MR) is 74.9 cm³/mol. The molecule has 1 N–H and O–H groups in total. The van der Waals surface area contributed by atoms with Crippen LogP contribution in [0.25, 0.3) is 0 Å². The number of rotatable bonds is 4. The molecule has 2 atom stereocenters. The van der Waals surface area contributed by atoms with Crippen molar-refractivity contribution in [3.63, 3.8) is 0 Å². The van der Waals surface area contributed by atoms with E-state index in [2.05, 4.69) is 5.32 Å². The standard InChI is InChI=1S/C14H17F4NOS/c1-2-19-13(12-8-21-6-5-20-12)9-3-4-10(11(15)7-9)14(16,17)18/h3-4,7,12-13,19H,2,5-6,8H2,1H3. The van der Waals surface area contributed by atoms with Crippen LogP contribution in [-0.4, -0.2) is 30.8 Å². The highest BCUT2D eigenvalue weighted by molar-refractivity contribution is 7.99. The summed E-state index contributed by atoms with van der Waals surface area (Å²) in [7, 11) is 0. The van der Waals surface area contributed by atoms with Crippen LogP contribution >= 0.6 is 11.8 Å². The lowest BCUT2D eigenvalue weighted by Crippen LogP contribution is -2.38. The van der Waals surface area contributed by atoms with Crippen molar-refractivity contribution in [2.45, 2.75) is 25.2 Å². The van der Waals surface area contributed by atoms with Gasteiger partial charge in [0, 0.05) is 11.5 Å². The molecule has 0 aromatic heterocycles. The second-order valence-electron chi connectivity index (χ2n) is 4.76. The molecule has 0 radical (unpaired) electrons. The third kappa shape index (κ3) is 4.11. The normalized spacial score (nSPS) is 21.3. The zero-order valence-electron chi connectivity index (χ0n) is 11.5. The first-order valence-electron chi connectivity index (χ1n) is 6.73. The first kappa shape index (κ1) is 16.6. The molecule has 2 nitrogen and oxygen atoms in total. The monoisotopic (exact) mass is 323 g/mol. The van der Waals surface area contributed by atoms with Crippen molar-refractivity contribution in [2.24, 2.45) is 0 Å². The molecule has 0 amide bonds. The summed E-state index contributed by atoms with van der Waals surface area (Å²) in [6.45, 7) is 3.11. The number of halogens is 4. The maximum Gasteiger partial charge on any atom is 0.419 e. The first-order chi connectivity index (χ1) is 9.93. The highest BCUT2D eigenvalue weighted by atomic mass is 32.2. The Bertz CT molecular complexity index is 475. The minimum absolute atomic E-state index is 0.167. The minimum Gasteiger partial charge on any atom is -0.375 e. The number of hydrogen-bond acceptors (Lipinski definition) is 3. The van der Waals surface area contributed by atoms with Gasteiger partial charge in [0.1, 0.15) is 5.82 Å². The summed E-state index contributed by atoms with van der Waals surface area (Å²) >= 11 is 1.72. The largest absolute Gasteiger partial charge is 0.419 e. The summed E-state index contributed by atoms with van der Waals surface area (Å²) in [5.74, 6) is 0.392. The van der Waals surface area contributed by atoms with E-state index < -0.39 is 17.6 Å². The van der Waals surface area contributed by atoms with Crippen LogP contribution in [0.5, 0.6) is 0 Å². The molecule has 1 aliphatic heterocycles. The third-order valence-electron chi connectivity index (χ3n) is 3.30. The van der Waals surface area contributed by atoms with Crippen molar-refractivity contribution in [2.75, 3.05) is 24.7 Å². The van der Waals surface area contributed by atoms with E-state index >= 15 is 0 Å². The summed E-state index contributed by atoms with van der Waals surface area (Å²) in [4.78, 5) is 0. The van der Waals surface area contributed by atoms with Gasteiger partial charge in [0.05, 0.1) is 24.3 Å². The van der Waals surface area contributed by atoms with Gasteiger partial charge in [0.15, 0.2) is 0 Å². The van der Waals surface area contributed by atoms with Crippen LogP contribution in [-0.2, 0) is 10.9 Å². The molecule has 1 saturated heterocycles. The Morgan fingerprint density at radius 3 is 2.71 bits per heavy atom. The van der Waals surface area contributed by atoms with Crippen molar-refractivity contribution < 1.29 is 22.3 Å². The fourth-order valence-electron chi connectivity index (χ4n) is 2.34. The van der Waals surface area contributed by atoms with E-state index in [-0.39, 0.29) is 12.1 Å². The lowest BCUT2D eigenvalue weighted by Gasteiger charge is -2.31. The SMILES string of the molecule is CCNC(c1ccc(C(F)(F)F)c(F)c1)C1CSCCO1. The summed E-state index contributed by atoms with van der Waals surface area (Å²) < 4.78 is 57.2. The quantitative estimate of drug-likeness (QED) is 0.855. The first-order valence-corrected chi connectivity index (χ1v) is 7.88. The van der Waals surface area contributed by atoms with Crippen molar-refractivity contribution in [1.29, 1.82) is 0 Å². The number of likely N-dealkylation sites (N-methyl/N-ethyl adjacent to an activating group) is 1. The molecular weight excluding hydrogens is 306 g/mol. The molecular formula is C14H17F4NOS. The molecule has 1 aliphatic rings. The van der Waals surface area contributed by atoms with Gasteiger partial charge in [0.2, 0.25) is 0 Å². The highest BCUT2D eigenvalue weighted by Crippen LogP contribution is 2.33. The number of benzene rings is 1. The van der Waals surface area contributed by atoms with E-state index in [4.69, 9.17) is 4.74 Å².